The summed E-state index contributed by atoms with van der Waals surface area (Å²) >= 11 is 0. The first kappa shape index (κ1) is 12.9. The molecule has 0 amide bonds. The SMILES string of the molecule is Nc1cccc2c(O)cc(S(N=O)(N=O)N=O)cc12. The smallest absolute Gasteiger partial charge is 0.197 e. The molecule has 0 spiro atoms. The fourth-order valence-electron chi connectivity index (χ4n) is 1.69. The van der Waals surface area contributed by atoms with Gasteiger partial charge in [-0.25, -0.2) is 0 Å². The van der Waals surface area contributed by atoms with Crippen molar-refractivity contribution < 1.29 is 5.11 Å². The Morgan fingerprint density at radius 1 is 1.00 bits per heavy atom. The van der Waals surface area contributed by atoms with Gasteiger partial charge < -0.3 is 10.8 Å². The van der Waals surface area contributed by atoms with E-state index in [1.165, 1.54) is 6.07 Å². The molecule has 0 fully saturated rings. The molecule has 19 heavy (non-hydrogen) atoms. The fraction of sp³-hybridized carbons (Fsp3) is 0. The van der Waals surface area contributed by atoms with E-state index < -0.39 is 10.6 Å². The van der Waals surface area contributed by atoms with Crippen molar-refractivity contribution in [1.82, 2.24) is 0 Å². The van der Waals surface area contributed by atoms with Crippen molar-refractivity contribution in [3.63, 3.8) is 0 Å². The van der Waals surface area contributed by atoms with E-state index in [-0.39, 0.29) is 10.6 Å². The van der Waals surface area contributed by atoms with E-state index in [9.17, 15) is 19.8 Å². The Kier molecular flexibility index (Phi) is 3.13. The number of phenolic OH excluding ortho intramolecular Hbond substituents is 1. The number of fused-ring (bicyclic) bond motifs is 1. The van der Waals surface area contributed by atoms with Crippen molar-refractivity contribution in [2.75, 3.05) is 5.73 Å². The standard InChI is InChI=1S/C10H8N4O4S/c11-9-3-1-2-7-8(9)4-6(5-10(7)15)19(12-16,13-17)14-18/h1-5,15H,11H2. The van der Waals surface area contributed by atoms with E-state index in [4.69, 9.17) is 5.73 Å². The molecule has 2 aromatic carbocycles. The van der Waals surface area contributed by atoms with Crippen LogP contribution in [0.5, 0.6) is 5.75 Å². The number of nitroso groups, excluding NO2 is 3. The average molecular weight is 280 g/mol. The van der Waals surface area contributed by atoms with Gasteiger partial charge in [0.25, 0.3) is 0 Å². The third-order valence-electron chi connectivity index (χ3n) is 2.61. The van der Waals surface area contributed by atoms with Crippen molar-refractivity contribution >= 4 is 27.0 Å². The molecule has 3 N–H and O–H groups in total. The predicted molar refractivity (Wildman–Crippen MR) is 73.3 cm³/mol. The lowest BCUT2D eigenvalue weighted by Crippen LogP contribution is -1.92. The Morgan fingerprint density at radius 3 is 2.21 bits per heavy atom. The van der Waals surface area contributed by atoms with Crippen molar-refractivity contribution in [1.29, 1.82) is 0 Å². The number of hydrogen-bond acceptors (Lipinski definition) is 8. The molecule has 0 heterocycles. The molecule has 8 nitrogen and oxygen atoms in total. The first-order valence-electron chi connectivity index (χ1n) is 4.96. The lowest BCUT2D eigenvalue weighted by molar-refractivity contribution is 0.480. The molecule has 0 saturated heterocycles. The highest BCUT2D eigenvalue weighted by Gasteiger charge is 2.32. The number of hydrogen-bond donors (Lipinski definition) is 2. The van der Waals surface area contributed by atoms with Crippen LogP contribution >= 0.6 is 10.6 Å². The second-order valence-electron chi connectivity index (χ2n) is 3.63. The van der Waals surface area contributed by atoms with Crippen molar-refractivity contribution in [3.05, 3.63) is 45.1 Å². The maximum Gasteiger partial charge on any atom is 0.197 e. The number of nitrogens with zero attached hydrogens (tertiary/aromatic N) is 3. The average Bonchev–Trinajstić information content (AvgIpc) is 2.43. The van der Waals surface area contributed by atoms with Gasteiger partial charge in [0.15, 0.2) is 10.6 Å². The fourth-order valence-corrected chi connectivity index (χ4v) is 2.58. The van der Waals surface area contributed by atoms with Crippen LogP contribution in [-0.2, 0) is 0 Å². The Hall–Kier alpha value is -2.55. The lowest BCUT2D eigenvalue weighted by atomic mass is 10.1. The molecular formula is C10H8N4O4S. The minimum atomic E-state index is -3.63. The molecular weight excluding hydrogens is 272 g/mol. The Bertz CT molecular complexity index is 669. The van der Waals surface area contributed by atoms with Crippen molar-refractivity contribution in [2.24, 2.45) is 13.7 Å². The summed E-state index contributed by atoms with van der Waals surface area (Å²) in [6.45, 7) is 0. The van der Waals surface area contributed by atoms with Crippen LogP contribution in [0.4, 0.5) is 5.69 Å². The topological polar surface area (TPSA) is 135 Å². The molecule has 0 aliphatic carbocycles. The first-order valence-corrected chi connectivity index (χ1v) is 6.46. The summed E-state index contributed by atoms with van der Waals surface area (Å²) in [5.41, 5.74) is 6.04. The minimum Gasteiger partial charge on any atom is -0.507 e. The molecule has 0 aliphatic heterocycles. The number of anilines is 1. The molecule has 0 aromatic heterocycles. The summed E-state index contributed by atoms with van der Waals surface area (Å²) in [6.07, 6.45) is 0. The molecule has 98 valence electrons. The van der Waals surface area contributed by atoms with Gasteiger partial charge in [0, 0.05) is 30.2 Å². The molecule has 0 bridgehead atoms. The van der Waals surface area contributed by atoms with Gasteiger partial charge in [-0.2, -0.15) is 0 Å². The van der Waals surface area contributed by atoms with Gasteiger partial charge in [0.05, 0.1) is 4.90 Å². The van der Waals surface area contributed by atoms with Crippen LogP contribution in [0.15, 0.2) is 49.0 Å². The van der Waals surface area contributed by atoms with Gasteiger partial charge in [0.1, 0.15) is 5.75 Å². The zero-order chi connectivity index (χ0) is 14.0. The largest absolute Gasteiger partial charge is 0.507 e. The monoisotopic (exact) mass is 280 g/mol. The molecule has 0 radical (unpaired) electrons. The third-order valence-corrected chi connectivity index (χ3v) is 4.10. The number of benzene rings is 2. The molecule has 9 heteroatoms. The summed E-state index contributed by atoms with van der Waals surface area (Å²) in [5.74, 6) is -0.243. The van der Waals surface area contributed by atoms with Crippen LogP contribution in [0.1, 0.15) is 0 Å². The van der Waals surface area contributed by atoms with Crippen LogP contribution in [0, 0.1) is 14.7 Å². The minimum absolute atomic E-state index is 0.157. The number of nitrogens with two attached hydrogens (primary N) is 1. The van der Waals surface area contributed by atoms with E-state index in [1.54, 1.807) is 18.2 Å². The maximum absolute atomic E-state index is 10.7. The van der Waals surface area contributed by atoms with E-state index in [1.807, 2.05) is 0 Å². The normalized spacial score (nSPS) is 12.0. The molecule has 2 aromatic rings. The third kappa shape index (κ3) is 1.89. The van der Waals surface area contributed by atoms with Crippen molar-refractivity contribution in [3.8, 4) is 5.75 Å². The molecule has 0 unspecified atom stereocenters. The van der Waals surface area contributed by atoms with Crippen LogP contribution < -0.4 is 5.73 Å². The van der Waals surface area contributed by atoms with Crippen LogP contribution in [-0.4, -0.2) is 5.11 Å². The summed E-state index contributed by atoms with van der Waals surface area (Å²) in [7, 11) is -3.63. The second kappa shape index (κ2) is 4.61. The molecule has 2 rings (SSSR count). The molecule has 0 atom stereocenters. The lowest BCUT2D eigenvalue weighted by Gasteiger charge is -2.15. The summed E-state index contributed by atoms with van der Waals surface area (Å²) < 4.78 is 7.28. The van der Waals surface area contributed by atoms with Gasteiger partial charge in [0.2, 0.25) is 0 Å². The number of rotatable bonds is 4. The van der Waals surface area contributed by atoms with Crippen molar-refractivity contribution in [2.45, 2.75) is 4.90 Å². The number of aromatic hydroxyl groups is 1. The molecule has 0 saturated carbocycles. The number of phenols is 1. The Labute approximate surface area is 108 Å². The Morgan fingerprint density at radius 2 is 1.63 bits per heavy atom. The maximum atomic E-state index is 10.7. The van der Waals surface area contributed by atoms with Gasteiger partial charge in [-0.05, 0) is 18.2 Å². The highest BCUT2D eigenvalue weighted by Crippen LogP contribution is 2.60. The van der Waals surface area contributed by atoms with E-state index in [2.05, 4.69) is 13.7 Å². The highest BCUT2D eigenvalue weighted by molar-refractivity contribution is 8.30. The van der Waals surface area contributed by atoms with Crippen LogP contribution in [0.2, 0.25) is 0 Å². The summed E-state index contributed by atoms with van der Waals surface area (Å²) in [6, 6.07) is 7.18. The van der Waals surface area contributed by atoms with Gasteiger partial charge in [-0.3, -0.25) is 0 Å². The van der Waals surface area contributed by atoms with Gasteiger partial charge >= 0.3 is 0 Å². The van der Waals surface area contributed by atoms with Gasteiger partial charge in [-0.1, -0.05) is 12.1 Å². The van der Waals surface area contributed by atoms with E-state index in [0.717, 1.165) is 6.07 Å². The Balaban J connectivity index is 2.83. The van der Waals surface area contributed by atoms with Gasteiger partial charge in [-0.15, -0.1) is 14.7 Å². The second-order valence-corrected chi connectivity index (χ2v) is 5.58. The zero-order valence-electron chi connectivity index (χ0n) is 9.39. The highest BCUT2D eigenvalue weighted by atomic mass is 32.3. The zero-order valence-corrected chi connectivity index (χ0v) is 10.2. The molecule has 0 aliphatic rings. The van der Waals surface area contributed by atoms with E-state index in [0.29, 0.717) is 16.5 Å². The first-order chi connectivity index (χ1) is 9.07. The van der Waals surface area contributed by atoms with E-state index >= 15 is 0 Å². The summed E-state index contributed by atoms with van der Waals surface area (Å²) in [4.78, 5) is 32.0. The summed E-state index contributed by atoms with van der Waals surface area (Å²) in [5, 5.41) is 10.6. The quantitative estimate of drug-likeness (QED) is 0.654. The predicted octanol–water partition coefficient (Wildman–Crippen LogP) is 3.34. The van der Waals surface area contributed by atoms with Crippen LogP contribution in [0.25, 0.3) is 10.8 Å². The van der Waals surface area contributed by atoms with Crippen LogP contribution in [0.3, 0.4) is 0 Å². The number of nitrogen functional groups attached to an aromatic ring is 1.